The topological polar surface area (TPSA) is 47.1 Å². The van der Waals surface area contributed by atoms with E-state index in [9.17, 15) is 0 Å². The van der Waals surface area contributed by atoms with Crippen molar-refractivity contribution in [2.75, 3.05) is 13.1 Å². The molecule has 0 radical (unpaired) electrons. The summed E-state index contributed by atoms with van der Waals surface area (Å²) in [6.45, 7) is 6.05. The lowest BCUT2D eigenvalue weighted by molar-refractivity contribution is 0.322. The number of nitrogens with zero attached hydrogens (tertiary/aromatic N) is 3. The van der Waals surface area contributed by atoms with Crippen LogP contribution in [-0.4, -0.2) is 33.8 Å². The number of hydrogen-bond donors (Lipinski definition) is 1. The van der Waals surface area contributed by atoms with Gasteiger partial charge in [0.05, 0.1) is 11.2 Å². The first-order chi connectivity index (χ1) is 8.78. The van der Waals surface area contributed by atoms with Gasteiger partial charge < -0.3 is 5.73 Å². The van der Waals surface area contributed by atoms with Crippen molar-refractivity contribution in [3.8, 4) is 0 Å². The molecule has 1 aliphatic rings. The van der Waals surface area contributed by atoms with Gasteiger partial charge in [-0.25, -0.2) is 0 Å². The van der Waals surface area contributed by atoms with Crippen LogP contribution in [0.2, 0.25) is 0 Å². The van der Waals surface area contributed by atoms with Crippen LogP contribution in [0.3, 0.4) is 0 Å². The van der Waals surface area contributed by atoms with Gasteiger partial charge in [-0.2, -0.15) is 5.10 Å². The van der Waals surface area contributed by atoms with E-state index in [-0.39, 0.29) is 0 Å². The highest BCUT2D eigenvalue weighted by Crippen LogP contribution is 2.21. The van der Waals surface area contributed by atoms with Crippen molar-refractivity contribution in [3.05, 3.63) is 30.0 Å². The maximum absolute atomic E-state index is 5.96. The van der Waals surface area contributed by atoms with Crippen LogP contribution in [0.5, 0.6) is 0 Å². The van der Waals surface area contributed by atoms with Gasteiger partial charge in [0.2, 0.25) is 0 Å². The second-order valence-electron chi connectivity index (χ2n) is 5.06. The predicted molar refractivity (Wildman–Crippen MR) is 73.3 cm³/mol. The third-order valence-electron chi connectivity index (χ3n) is 3.72. The lowest BCUT2D eigenvalue weighted by Crippen LogP contribution is -2.26. The van der Waals surface area contributed by atoms with Gasteiger partial charge in [0.1, 0.15) is 0 Å². The fourth-order valence-electron chi connectivity index (χ4n) is 2.77. The Bertz CT molecular complexity index is 546. The Morgan fingerprint density at radius 2 is 2.22 bits per heavy atom. The normalized spacial score (nSPS) is 20.9. The number of para-hydroxylation sites is 1. The van der Waals surface area contributed by atoms with Gasteiger partial charge >= 0.3 is 0 Å². The number of aromatic nitrogens is 2. The van der Waals surface area contributed by atoms with E-state index in [1.54, 1.807) is 0 Å². The molecule has 2 aromatic rings. The van der Waals surface area contributed by atoms with Crippen molar-refractivity contribution in [2.24, 2.45) is 5.73 Å². The van der Waals surface area contributed by atoms with E-state index in [0.29, 0.717) is 6.04 Å². The first-order valence-corrected chi connectivity index (χ1v) is 6.70. The van der Waals surface area contributed by atoms with Crippen LogP contribution in [0.1, 0.15) is 19.0 Å². The van der Waals surface area contributed by atoms with Gasteiger partial charge in [0.25, 0.3) is 0 Å². The predicted octanol–water partition coefficient (Wildman–Crippen LogP) is 1.59. The molecule has 96 valence electrons. The Hall–Kier alpha value is -1.39. The Morgan fingerprint density at radius 1 is 1.39 bits per heavy atom. The van der Waals surface area contributed by atoms with E-state index in [1.165, 1.54) is 16.6 Å². The van der Waals surface area contributed by atoms with Crippen LogP contribution in [0.25, 0.3) is 10.9 Å². The molecule has 0 unspecified atom stereocenters. The van der Waals surface area contributed by atoms with E-state index in [1.807, 2.05) is 0 Å². The number of nitrogens with two attached hydrogens (primary N) is 1. The first kappa shape index (κ1) is 11.7. The van der Waals surface area contributed by atoms with Crippen molar-refractivity contribution in [1.29, 1.82) is 0 Å². The Morgan fingerprint density at radius 3 is 2.94 bits per heavy atom. The Balaban J connectivity index is 1.92. The molecule has 1 aromatic heterocycles. The summed E-state index contributed by atoms with van der Waals surface area (Å²) in [6, 6.07) is 8.81. The molecule has 0 aliphatic carbocycles. The minimum atomic E-state index is 0.338. The molecular weight excluding hydrogens is 224 g/mol. The van der Waals surface area contributed by atoms with Gasteiger partial charge in [-0.15, -0.1) is 0 Å². The molecule has 1 fully saturated rings. The monoisotopic (exact) mass is 244 g/mol. The second-order valence-corrected chi connectivity index (χ2v) is 5.06. The zero-order valence-corrected chi connectivity index (χ0v) is 10.8. The molecule has 2 heterocycles. The summed E-state index contributed by atoms with van der Waals surface area (Å²) in [5.74, 6) is 0. The zero-order valence-electron chi connectivity index (χ0n) is 10.8. The van der Waals surface area contributed by atoms with Crippen molar-refractivity contribution in [1.82, 2.24) is 14.7 Å². The van der Waals surface area contributed by atoms with Gasteiger partial charge in [-0.05, 0) is 19.4 Å². The number of aryl methyl sites for hydroxylation is 1. The SMILES string of the molecule is CCn1nc(CN2CC[C@@H](N)C2)c2ccccc21. The minimum absolute atomic E-state index is 0.338. The molecule has 4 heteroatoms. The number of fused-ring (bicyclic) bond motifs is 1. The molecule has 1 aliphatic heterocycles. The first-order valence-electron chi connectivity index (χ1n) is 6.70. The Labute approximate surface area is 107 Å². The van der Waals surface area contributed by atoms with Gasteiger partial charge in [-0.1, -0.05) is 18.2 Å². The third-order valence-corrected chi connectivity index (χ3v) is 3.72. The van der Waals surface area contributed by atoms with Crippen LogP contribution < -0.4 is 5.73 Å². The summed E-state index contributed by atoms with van der Waals surface area (Å²) in [5.41, 5.74) is 8.37. The largest absolute Gasteiger partial charge is 0.326 e. The summed E-state index contributed by atoms with van der Waals surface area (Å²) in [7, 11) is 0. The fraction of sp³-hybridized carbons (Fsp3) is 0.500. The van der Waals surface area contributed by atoms with Crippen molar-refractivity contribution >= 4 is 10.9 Å². The fourth-order valence-corrected chi connectivity index (χ4v) is 2.77. The average molecular weight is 244 g/mol. The third kappa shape index (κ3) is 2.02. The number of benzene rings is 1. The molecule has 1 aromatic carbocycles. The van der Waals surface area contributed by atoms with Crippen LogP contribution in [0.15, 0.2) is 24.3 Å². The Kier molecular flexibility index (Phi) is 3.06. The number of hydrogen-bond acceptors (Lipinski definition) is 3. The molecule has 4 nitrogen and oxygen atoms in total. The van der Waals surface area contributed by atoms with E-state index < -0.39 is 0 Å². The summed E-state index contributed by atoms with van der Waals surface area (Å²) in [6.07, 6.45) is 1.10. The summed E-state index contributed by atoms with van der Waals surface area (Å²) >= 11 is 0. The van der Waals surface area contributed by atoms with Gasteiger partial charge in [0.15, 0.2) is 0 Å². The summed E-state index contributed by atoms with van der Waals surface area (Å²) in [5, 5.41) is 6.01. The highest BCUT2D eigenvalue weighted by Gasteiger charge is 2.21. The molecule has 0 spiro atoms. The van der Waals surface area contributed by atoms with Crippen LogP contribution in [-0.2, 0) is 13.1 Å². The van der Waals surface area contributed by atoms with Crippen molar-refractivity contribution in [2.45, 2.75) is 32.5 Å². The molecule has 0 amide bonds. The molecule has 3 rings (SSSR count). The van der Waals surface area contributed by atoms with Gasteiger partial charge in [0, 0.05) is 37.6 Å². The highest BCUT2D eigenvalue weighted by molar-refractivity contribution is 5.81. The van der Waals surface area contributed by atoms with E-state index in [0.717, 1.165) is 32.6 Å². The van der Waals surface area contributed by atoms with Crippen molar-refractivity contribution in [3.63, 3.8) is 0 Å². The van der Waals surface area contributed by atoms with Crippen molar-refractivity contribution < 1.29 is 0 Å². The summed E-state index contributed by atoms with van der Waals surface area (Å²) < 4.78 is 2.08. The molecular formula is C14H20N4. The smallest absolute Gasteiger partial charge is 0.0843 e. The molecule has 0 bridgehead atoms. The quantitative estimate of drug-likeness (QED) is 0.892. The van der Waals surface area contributed by atoms with Crippen LogP contribution in [0.4, 0.5) is 0 Å². The maximum Gasteiger partial charge on any atom is 0.0843 e. The van der Waals surface area contributed by atoms with Crippen LogP contribution in [0, 0.1) is 0 Å². The van der Waals surface area contributed by atoms with Crippen LogP contribution >= 0.6 is 0 Å². The minimum Gasteiger partial charge on any atom is -0.326 e. The highest BCUT2D eigenvalue weighted by atomic mass is 15.3. The van der Waals surface area contributed by atoms with E-state index in [2.05, 4.69) is 40.8 Å². The standard InChI is InChI=1S/C14H20N4/c1-2-18-14-6-4-3-5-12(14)13(16-18)10-17-8-7-11(15)9-17/h3-6,11H,2,7-10,15H2,1H3/t11-/m1/s1. The lowest BCUT2D eigenvalue weighted by Gasteiger charge is -2.13. The number of rotatable bonds is 3. The molecule has 1 atom stereocenters. The lowest BCUT2D eigenvalue weighted by atomic mass is 10.2. The average Bonchev–Trinajstić information content (AvgIpc) is 2.95. The molecule has 1 saturated heterocycles. The summed E-state index contributed by atoms with van der Waals surface area (Å²) in [4.78, 5) is 2.40. The van der Waals surface area contributed by atoms with Gasteiger partial charge in [-0.3, -0.25) is 9.58 Å². The second kappa shape index (κ2) is 4.71. The number of likely N-dealkylation sites (tertiary alicyclic amines) is 1. The zero-order chi connectivity index (χ0) is 12.5. The van der Waals surface area contributed by atoms with E-state index >= 15 is 0 Å². The molecule has 2 N–H and O–H groups in total. The maximum atomic E-state index is 5.96. The van der Waals surface area contributed by atoms with E-state index in [4.69, 9.17) is 10.8 Å². The molecule has 18 heavy (non-hydrogen) atoms. The molecule has 0 saturated carbocycles.